The van der Waals surface area contributed by atoms with Gasteiger partial charge in [0.05, 0.1) is 6.33 Å². The SMILES string of the molecule is O=C(NCCCN1CCCCC1)c1cccc(Cn2ccnc2)c1. The third kappa shape index (κ3) is 4.93. The van der Waals surface area contributed by atoms with Gasteiger partial charge in [0, 0.05) is 31.0 Å². The van der Waals surface area contributed by atoms with E-state index in [1.54, 1.807) is 12.5 Å². The number of aromatic nitrogens is 2. The van der Waals surface area contributed by atoms with Gasteiger partial charge in [0.25, 0.3) is 5.91 Å². The normalized spacial score (nSPS) is 15.3. The van der Waals surface area contributed by atoms with Crippen molar-refractivity contribution < 1.29 is 4.79 Å². The number of nitrogens with one attached hydrogen (secondary N) is 1. The summed E-state index contributed by atoms with van der Waals surface area (Å²) in [5.74, 6) is 0.0149. The van der Waals surface area contributed by atoms with Gasteiger partial charge < -0.3 is 14.8 Å². The first-order valence-corrected chi connectivity index (χ1v) is 8.86. The minimum absolute atomic E-state index is 0.0149. The molecule has 1 aliphatic rings. The molecular weight excluding hydrogens is 300 g/mol. The number of hydrogen-bond donors (Lipinski definition) is 1. The van der Waals surface area contributed by atoms with Gasteiger partial charge in [-0.05, 0) is 56.6 Å². The quantitative estimate of drug-likeness (QED) is 0.796. The Bertz CT molecular complexity index is 633. The lowest BCUT2D eigenvalue weighted by atomic mass is 10.1. The number of likely N-dealkylation sites (tertiary alicyclic amines) is 1. The van der Waals surface area contributed by atoms with Gasteiger partial charge in [0.1, 0.15) is 0 Å². The summed E-state index contributed by atoms with van der Waals surface area (Å²) in [6, 6.07) is 7.80. The van der Waals surface area contributed by atoms with Gasteiger partial charge in [0.15, 0.2) is 0 Å². The fourth-order valence-electron chi connectivity index (χ4n) is 3.19. The van der Waals surface area contributed by atoms with E-state index in [1.165, 1.54) is 32.4 Å². The van der Waals surface area contributed by atoms with Crippen LogP contribution in [0.2, 0.25) is 0 Å². The molecule has 5 heteroatoms. The Balaban J connectivity index is 1.44. The Morgan fingerprint density at radius 3 is 2.88 bits per heavy atom. The van der Waals surface area contributed by atoms with Gasteiger partial charge in [-0.3, -0.25) is 4.79 Å². The van der Waals surface area contributed by atoms with Crippen molar-refractivity contribution in [3.8, 4) is 0 Å². The van der Waals surface area contributed by atoms with Crippen molar-refractivity contribution >= 4 is 5.91 Å². The molecule has 128 valence electrons. The van der Waals surface area contributed by atoms with E-state index in [2.05, 4.69) is 15.2 Å². The molecule has 0 unspecified atom stereocenters. The summed E-state index contributed by atoms with van der Waals surface area (Å²) >= 11 is 0. The van der Waals surface area contributed by atoms with Crippen molar-refractivity contribution in [2.45, 2.75) is 32.2 Å². The molecule has 1 aliphatic heterocycles. The maximum atomic E-state index is 12.3. The Hall–Kier alpha value is -2.14. The van der Waals surface area contributed by atoms with Crippen molar-refractivity contribution in [1.29, 1.82) is 0 Å². The number of carbonyl (C=O) groups is 1. The first-order valence-electron chi connectivity index (χ1n) is 8.86. The maximum Gasteiger partial charge on any atom is 0.251 e. The lowest BCUT2D eigenvalue weighted by Crippen LogP contribution is -2.33. The van der Waals surface area contributed by atoms with Crippen LogP contribution in [0.15, 0.2) is 43.0 Å². The molecule has 0 radical (unpaired) electrons. The topological polar surface area (TPSA) is 50.2 Å². The largest absolute Gasteiger partial charge is 0.352 e. The molecule has 0 aliphatic carbocycles. The van der Waals surface area contributed by atoms with Crippen molar-refractivity contribution in [1.82, 2.24) is 19.8 Å². The second-order valence-electron chi connectivity index (χ2n) is 6.45. The molecular formula is C19H26N4O. The van der Waals surface area contributed by atoms with Crippen molar-refractivity contribution in [3.05, 3.63) is 54.1 Å². The second kappa shape index (κ2) is 8.64. The lowest BCUT2D eigenvalue weighted by Gasteiger charge is -2.26. The van der Waals surface area contributed by atoms with E-state index in [0.717, 1.165) is 37.2 Å². The predicted octanol–water partition coefficient (Wildman–Crippen LogP) is 2.54. The van der Waals surface area contributed by atoms with Gasteiger partial charge >= 0.3 is 0 Å². The highest BCUT2D eigenvalue weighted by atomic mass is 16.1. The zero-order valence-corrected chi connectivity index (χ0v) is 14.2. The zero-order valence-electron chi connectivity index (χ0n) is 14.2. The average molecular weight is 326 g/mol. The van der Waals surface area contributed by atoms with E-state index < -0.39 is 0 Å². The zero-order chi connectivity index (χ0) is 16.6. The third-order valence-corrected chi connectivity index (χ3v) is 4.50. The molecule has 0 atom stereocenters. The Morgan fingerprint density at radius 2 is 2.08 bits per heavy atom. The molecule has 1 saturated heterocycles. The summed E-state index contributed by atoms with van der Waals surface area (Å²) in [7, 11) is 0. The molecule has 1 aromatic carbocycles. The number of imidazole rings is 1. The number of amides is 1. The summed E-state index contributed by atoms with van der Waals surface area (Å²) < 4.78 is 2.00. The molecule has 1 aromatic heterocycles. The Morgan fingerprint density at radius 1 is 1.21 bits per heavy atom. The van der Waals surface area contributed by atoms with Crippen LogP contribution in [0.4, 0.5) is 0 Å². The van der Waals surface area contributed by atoms with Crippen LogP contribution >= 0.6 is 0 Å². The van der Waals surface area contributed by atoms with E-state index >= 15 is 0 Å². The van der Waals surface area contributed by atoms with Crippen molar-refractivity contribution in [2.24, 2.45) is 0 Å². The highest BCUT2D eigenvalue weighted by Gasteiger charge is 2.10. The average Bonchev–Trinajstić information content (AvgIpc) is 3.13. The number of benzene rings is 1. The molecule has 1 amide bonds. The molecule has 2 heterocycles. The molecule has 5 nitrogen and oxygen atoms in total. The Kier molecular flexibility index (Phi) is 6.01. The number of carbonyl (C=O) groups excluding carboxylic acids is 1. The van der Waals surface area contributed by atoms with Crippen molar-refractivity contribution in [2.75, 3.05) is 26.2 Å². The van der Waals surface area contributed by atoms with Gasteiger partial charge in [-0.25, -0.2) is 4.98 Å². The standard InChI is InChI=1S/C19H26N4O/c24-19(21-8-5-12-22-10-2-1-3-11-22)18-7-4-6-17(14-18)15-23-13-9-20-16-23/h4,6-7,9,13-14,16H,1-3,5,8,10-12,15H2,(H,21,24). The number of nitrogens with zero attached hydrogens (tertiary/aromatic N) is 3. The lowest BCUT2D eigenvalue weighted by molar-refractivity contribution is 0.0951. The molecule has 1 N–H and O–H groups in total. The molecule has 24 heavy (non-hydrogen) atoms. The van der Waals surface area contributed by atoms with Crippen LogP contribution in [0.3, 0.4) is 0 Å². The summed E-state index contributed by atoms with van der Waals surface area (Å²) in [6.07, 6.45) is 10.5. The fourth-order valence-corrected chi connectivity index (χ4v) is 3.19. The number of hydrogen-bond acceptors (Lipinski definition) is 3. The van der Waals surface area contributed by atoms with E-state index in [1.807, 2.05) is 35.0 Å². The van der Waals surface area contributed by atoms with Crippen LogP contribution in [-0.4, -0.2) is 46.5 Å². The van der Waals surface area contributed by atoms with Crippen molar-refractivity contribution in [3.63, 3.8) is 0 Å². The van der Waals surface area contributed by atoms with Crippen LogP contribution < -0.4 is 5.32 Å². The third-order valence-electron chi connectivity index (χ3n) is 4.50. The maximum absolute atomic E-state index is 12.3. The number of piperidine rings is 1. The number of rotatable bonds is 7. The fraction of sp³-hybridized carbons (Fsp3) is 0.474. The first-order chi connectivity index (χ1) is 11.8. The molecule has 2 aromatic rings. The first kappa shape index (κ1) is 16.7. The smallest absolute Gasteiger partial charge is 0.251 e. The minimum atomic E-state index is 0.0149. The highest BCUT2D eigenvalue weighted by molar-refractivity contribution is 5.94. The van der Waals surface area contributed by atoms with Crippen LogP contribution in [0.1, 0.15) is 41.6 Å². The minimum Gasteiger partial charge on any atom is -0.352 e. The van der Waals surface area contributed by atoms with E-state index in [-0.39, 0.29) is 5.91 Å². The van der Waals surface area contributed by atoms with Gasteiger partial charge in [-0.15, -0.1) is 0 Å². The van der Waals surface area contributed by atoms with E-state index in [0.29, 0.717) is 0 Å². The van der Waals surface area contributed by atoms with Gasteiger partial charge in [-0.2, -0.15) is 0 Å². The molecule has 0 spiro atoms. The highest BCUT2D eigenvalue weighted by Crippen LogP contribution is 2.09. The van der Waals surface area contributed by atoms with E-state index in [4.69, 9.17) is 0 Å². The predicted molar refractivity (Wildman–Crippen MR) is 95.0 cm³/mol. The Labute approximate surface area is 143 Å². The molecule has 0 bridgehead atoms. The van der Waals surface area contributed by atoms with E-state index in [9.17, 15) is 4.79 Å². The molecule has 1 fully saturated rings. The van der Waals surface area contributed by atoms with Crippen LogP contribution in [0.25, 0.3) is 0 Å². The van der Waals surface area contributed by atoms with Gasteiger partial charge in [0.2, 0.25) is 0 Å². The van der Waals surface area contributed by atoms with Crippen LogP contribution in [-0.2, 0) is 6.54 Å². The van der Waals surface area contributed by atoms with Crippen LogP contribution in [0.5, 0.6) is 0 Å². The van der Waals surface area contributed by atoms with Crippen LogP contribution in [0, 0.1) is 0 Å². The monoisotopic (exact) mass is 326 g/mol. The molecule has 3 rings (SSSR count). The summed E-state index contributed by atoms with van der Waals surface area (Å²) in [5.41, 5.74) is 1.83. The van der Waals surface area contributed by atoms with Gasteiger partial charge in [-0.1, -0.05) is 18.6 Å². The molecule has 0 saturated carbocycles. The summed E-state index contributed by atoms with van der Waals surface area (Å²) in [5, 5.41) is 3.04. The summed E-state index contributed by atoms with van der Waals surface area (Å²) in [6.45, 7) is 4.98. The second-order valence-corrected chi connectivity index (χ2v) is 6.45. The summed E-state index contributed by atoms with van der Waals surface area (Å²) in [4.78, 5) is 18.9.